The van der Waals surface area contributed by atoms with Gasteiger partial charge >= 0.3 is 0 Å². The van der Waals surface area contributed by atoms with Crippen LogP contribution in [0.3, 0.4) is 0 Å². The lowest BCUT2D eigenvalue weighted by Gasteiger charge is -2.35. The van der Waals surface area contributed by atoms with Gasteiger partial charge in [-0.2, -0.15) is 0 Å². The number of methoxy groups -OCH3 is 1. The Morgan fingerprint density at radius 3 is 2.96 bits per heavy atom. The monoisotopic (exact) mass is 316 g/mol. The highest BCUT2D eigenvalue weighted by Crippen LogP contribution is 2.49. The molecule has 1 aromatic heterocycles. The zero-order chi connectivity index (χ0) is 16.0. The predicted octanol–water partition coefficient (Wildman–Crippen LogP) is 2.49. The molecule has 0 saturated heterocycles. The molecule has 1 aromatic carbocycles. The second kappa shape index (κ2) is 5.45. The number of likely N-dealkylation sites (N-methyl/N-ethyl adjacent to an activating group) is 1. The zero-order valence-corrected chi connectivity index (χ0v) is 13.6. The number of hydrogen-bond donors (Lipinski definition) is 0. The van der Waals surface area contributed by atoms with E-state index in [9.17, 15) is 0 Å². The highest BCUT2D eigenvalue weighted by molar-refractivity contribution is 5.61. The number of aryl methyl sites for hydroxylation is 1. The standard InChI is InChI=1S/C17H20N2O4/c1-10-6-12(18-23-10)8-13-15-11(4-5-19(13)2)7-14-16(17(15)20-3)22-9-21-14/h6-7,13H,4-5,8-9H2,1-3H3/t13-/m1/s1. The molecule has 0 unspecified atom stereocenters. The molecule has 0 saturated carbocycles. The normalized spacial score (nSPS) is 19.7. The summed E-state index contributed by atoms with van der Waals surface area (Å²) in [4.78, 5) is 2.33. The zero-order valence-electron chi connectivity index (χ0n) is 13.6. The third-order valence-corrected chi connectivity index (χ3v) is 4.63. The van der Waals surface area contributed by atoms with Gasteiger partial charge in [-0.3, -0.25) is 4.90 Å². The topological polar surface area (TPSA) is 57.0 Å². The van der Waals surface area contributed by atoms with Crippen LogP contribution in [-0.4, -0.2) is 37.6 Å². The van der Waals surface area contributed by atoms with Gasteiger partial charge in [0.25, 0.3) is 0 Å². The Morgan fingerprint density at radius 2 is 2.22 bits per heavy atom. The summed E-state index contributed by atoms with van der Waals surface area (Å²) in [5.41, 5.74) is 3.38. The van der Waals surface area contributed by atoms with Gasteiger partial charge in [-0.1, -0.05) is 5.16 Å². The van der Waals surface area contributed by atoms with Gasteiger partial charge in [0, 0.05) is 30.6 Å². The Morgan fingerprint density at radius 1 is 1.35 bits per heavy atom. The van der Waals surface area contributed by atoms with Gasteiger partial charge in [-0.25, -0.2) is 0 Å². The van der Waals surface area contributed by atoms with E-state index in [0.29, 0.717) is 5.75 Å². The Labute approximate surface area is 134 Å². The lowest BCUT2D eigenvalue weighted by molar-refractivity contribution is 0.170. The van der Waals surface area contributed by atoms with Gasteiger partial charge < -0.3 is 18.7 Å². The Kier molecular flexibility index (Phi) is 3.41. The smallest absolute Gasteiger partial charge is 0.231 e. The Bertz CT molecular complexity index is 740. The number of nitrogens with zero attached hydrogens (tertiary/aromatic N) is 2. The van der Waals surface area contributed by atoms with Gasteiger partial charge in [-0.15, -0.1) is 0 Å². The quantitative estimate of drug-likeness (QED) is 0.867. The van der Waals surface area contributed by atoms with E-state index in [2.05, 4.69) is 23.2 Å². The van der Waals surface area contributed by atoms with Crippen LogP contribution in [0.15, 0.2) is 16.7 Å². The van der Waals surface area contributed by atoms with Crippen LogP contribution in [0.4, 0.5) is 0 Å². The van der Waals surface area contributed by atoms with Crippen molar-refractivity contribution in [2.24, 2.45) is 0 Å². The average molecular weight is 316 g/mol. The number of hydrogen-bond acceptors (Lipinski definition) is 6. The molecule has 0 N–H and O–H groups in total. The summed E-state index contributed by atoms with van der Waals surface area (Å²) >= 11 is 0. The highest BCUT2D eigenvalue weighted by atomic mass is 16.7. The molecule has 3 heterocycles. The van der Waals surface area contributed by atoms with Crippen LogP contribution in [0.1, 0.15) is 28.6 Å². The molecule has 0 aliphatic carbocycles. The van der Waals surface area contributed by atoms with Gasteiger partial charge in [0.1, 0.15) is 5.76 Å². The second-order valence-corrected chi connectivity index (χ2v) is 6.10. The minimum absolute atomic E-state index is 0.174. The Balaban J connectivity index is 1.80. The fourth-order valence-electron chi connectivity index (χ4n) is 3.50. The first-order valence-electron chi connectivity index (χ1n) is 7.79. The lowest BCUT2D eigenvalue weighted by atomic mass is 9.88. The molecule has 1 atom stereocenters. The number of aromatic nitrogens is 1. The first-order valence-corrected chi connectivity index (χ1v) is 7.79. The first-order chi connectivity index (χ1) is 11.2. The molecule has 6 heteroatoms. The minimum Gasteiger partial charge on any atom is -0.492 e. The van der Waals surface area contributed by atoms with Crippen molar-refractivity contribution in [1.29, 1.82) is 0 Å². The van der Waals surface area contributed by atoms with Crippen molar-refractivity contribution in [2.45, 2.75) is 25.8 Å². The second-order valence-electron chi connectivity index (χ2n) is 6.10. The molecule has 23 heavy (non-hydrogen) atoms. The van der Waals surface area contributed by atoms with Crippen LogP contribution in [0.25, 0.3) is 0 Å². The molecule has 0 fully saturated rings. The van der Waals surface area contributed by atoms with Crippen LogP contribution >= 0.6 is 0 Å². The predicted molar refractivity (Wildman–Crippen MR) is 83.1 cm³/mol. The molecule has 2 aliphatic heterocycles. The largest absolute Gasteiger partial charge is 0.492 e. The summed E-state index contributed by atoms with van der Waals surface area (Å²) in [6.45, 7) is 3.14. The van der Waals surface area contributed by atoms with Crippen molar-refractivity contribution in [3.63, 3.8) is 0 Å². The van der Waals surface area contributed by atoms with E-state index in [1.165, 1.54) is 11.1 Å². The number of benzene rings is 1. The number of rotatable bonds is 3. The van der Waals surface area contributed by atoms with E-state index in [-0.39, 0.29) is 12.8 Å². The maximum atomic E-state index is 5.70. The van der Waals surface area contributed by atoms with E-state index in [0.717, 1.165) is 42.3 Å². The lowest BCUT2D eigenvalue weighted by Crippen LogP contribution is -2.34. The van der Waals surface area contributed by atoms with Crippen LogP contribution < -0.4 is 14.2 Å². The van der Waals surface area contributed by atoms with Crippen LogP contribution in [0, 0.1) is 6.92 Å². The van der Waals surface area contributed by atoms with Crippen LogP contribution in [0.5, 0.6) is 17.2 Å². The van der Waals surface area contributed by atoms with E-state index >= 15 is 0 Å². The molecule has 4 rings (SSSR count). The minimum atomic E-state index is 0.174. The summed E-state index contributed by atoms with van der Waals surface area (Å²) in [6, 6.07) is 4.25. The molecular weight excluding hydrogens is 296 g/mol. The molecule has 2 aliphatic rings. The molecule has 2 aromatic rings. The fourth-order valence-corrected chi connectivity index (χ4v) is 3.50. The van der Waals surface area contributed by atoms with Crippen LogP contribution in [-0.2, 0) is 12.8 Å². The molecule has 0 spiro atoms. The summed E-state index contributed by atoms with van der Waals surface area (Å²) in [5, 5.41) is 4.15. The average Bonchev–Trinajstić information content (AvgIpc) is 3.16. The molecule has 122 valence electrons. The van der Waals surface area contributed by atoms with Gasteiger partial charge in [0.05, 0.1) is 12.8 Å². The molecule has 0 amide bonds. The van der Waals surface area contributed by atoms with Gasteiger partial charge in [-0.05, 0) is 32.0 Å². The van der Waals surface area contributed by atoms with E-state index in [1.54, 1.807) is 7.11 Å². The third kappa shape index (κ3) is 2.34. The maximum absolute atomic E-state index is 5.70. The van der Waals surface area contributed by atoms with Crippen molar-refractivity contribution in [3.8, 4) is 17.2 Å². The SMILES string of the molecule is COc1c2c(cc3c1[C@@H](Cc1cc(C)on1)N(C)CC3)OCO2. The van der Waals surface area contributed by atoms with Crippen molar-refractivity contribution < 1.29 is 18.7 Å². The van der Waals surface area contributed by atoms with E-state index < -0.39 is 0 Å². The van der Waals surface area contributed by atoms with Crippen molar-refractivity contribution >= 4 is 0 Å². The molecule has 6 nitrogen and oxygen atoms in total. The van der Waals surface area contributed by atoms with Crippen molar-refractivity contribution in [1.82, 2.24) is 10.1 Å². The molecule has 0 bridgehead atoms. The first kappa shape index (κ1) is 14.4. The van der Waals surface area contributed by atoms with E-state index in [1.807, 2.05) is 13.0 Å². The summed E-state index contributed by atoms with van der Waals surface area (Å²) < 4.78 is 22.1. The number of fused-ring (bicyclic) bond motifs is 2. The molecule has 0 radical (unpaired) electrons. The number of ether oxygens (including phenoxy) is 3. The third-order valence-electron chi connectivity index (χ3n) is 4.63. The summed E-state index contributed by atoms with van der Waals surface area (Å²) in [7, 11) is 3.81. The summed E-state index contributed by atoms with van der Waals surface area (Å²) in [6.07, 6.45) is 1.74. The van der Waals surface area contributed by atoms with Crippen molar-refractivity contribution in [3.05, 3.63) is 34.7 Å². The fraction of sp³-hybridized carbons (Fsp3) is 0.471. The summed E-state index contributed by atoms with van der Waals surface area (Å²) in [5.74, 6) is 3.10. The molecular formula is C17H20N2O4. The maximum Gasteiger partial charge on any atom is 0.231 e. The van der Waals surface area contributed by atoms with Gasteiger partial charge in [0.15, 0.2) is 11.5 Å². The van der Waals surface area contributed by atoms with Gasteiger partial charge in [0.2, 0.25) is 12.5 Å². The van der Waals surface area contributed by atoms with E-state index in [4.69, 9.17) is 18.7 Å². The highest BCUT2D eigenvalue weighted by Gasteiger charge is 2.34. The Hall–Kier alpha value is -2.21. The van der Waals surface area contributed by atoms with Crippen molar-refractivity contribution in [2.75, 3.05) is 27.5 Å². The van der Waals surface area contributed by atoms with Crippen LogP contribution in [0.2, 0.25) is 0 Å².